The van der Waals surface area contributed by atoms with Crippen LogP contribution in [0.3, 0.4) is 0 Å². The molecule has 0 aliphatic rings. The van der Waals surface area contributed by atoms with Crippen LogP contribution in [0.5, 0.6) is 5.75 Å². The van der Waals surface area contributed by atoms with Gasteiger partial charge >= 0.3 is 0 Å². The number of fused-ring (bicyclic) bond motifs is 1. The molecule has 0 bridgehead atoms. The number of benzene rings is 2. The number of anilines is 1. The smallest absolute Gasteiger partial charge is 0.260 e. The van der Waals surface area contributed by atoms with Crippen molar-refractivity contribution in [2.24, 2.45) is 5.10 Å². The SMILES string of the molecule is COc1ccccc1/C=N\Nc1nc2ccccc2c(=O)[nH]1. The minimum Gasteiger partial charge on any atom is -0.496 e. The van der Waals surface area contributed by atoms with Crippen molar-refractivity contribution in [1.29, 1.82) is 0 Å². The van der Waals surface area contributed by atoms with Crippen molar-refractivity contribution in [1.82, 2.24) is 9.97 Å². The quantitative estimate of drug-likeness (QED) is 0.572. The van der Waals surface area contributed by atoms with Gasteiger partial charge in [-0.25, -0.2) is 10.4 Å². The number of aromatic amines is 1. The van der Waals surface area contributed by atoms with Crippen LogP contribution in [-0.2, 0) is 0 Å². The van der Waals surface area contributed by atoms with Gasteiger partial charge in [-0.2, -0.15) is 5.10 Å². The van der Waals surface area contributed by atoms with Crippen LogP contribution in [0.15, 0.2) is 58.4 Å². The van der Waals surface area contributed by atoms with Crippen molar-refractivity contribution >= 4 is 23.1 Å². The van der Waals surface area contributed by atoms with Gasteiger partial charge in [-0.15, -0.1) is 0 Å². The first-order valence-corrected chi connectivity index (χ1v) is 6.69. The Hall–Kier alpha value is -3.15. The number of H-pyrrole nitrogens is 1. The van der Waals surface area contributed by atoms with Crippen molar-refractivity contribution in [2.75, 3.05) is 12.5 Å². The predicted octanol–water partition coefficient (Wildman–Crippen LogP) is 2.38. The standard InChI is InChI=1S/C16H14N4O2/c1-22-14-9-5-2-6-11(14)10-17-20-16-18-13-8-4-3-7-12(13)15(21)19-16/h2-10H,1H3,(H2,18,19,20,21)/b17-10-. The summed E-state index contributed by atoms with van der Waals surface area (Å²) in [6, 6.07) is 14.6. The van der Waals surface area contributed by atoms with E-state index in [0.29, 0.717) is 16.7 Å². The van der Waals surface area contributed by atoms with Crippen LogP contribution in [0.4, 0.5) is 5.95 Å². The third kappa shape index (κ3) is 2.80. The Morgan fingerprint density at radius 3 is 2.82 bits per heavy atom. The van der Waals surface area contributed by atoms with Gasteiger partial charge in [0, 0.05) is 5.56 Å². The molecule has 0 aliphatic heterocycles. The Balaban J connectivity index is 1.85. The third-order valence-corrected chi connectivity index (χ3v) is 3.13. The lowest BCUT2D eigenvalue weighted by Gasteiger charge is -2.04. The lowest BCUT2D eigenvalue weighted by Crippen LogP contribution is -2.11. The van der Waals surface area contributed by atoms with E-state index in [9.17, 15) is 4.79 Å². The van der Waals surface area contributed by atoms with Crippen LogP contribution in [0.2, 0.25) is 0 Å². The second kappa shape index (κ2) is 6.09. The molecule has 1 aromatic heterocycles. The van der Waals surface area contributed by atoms with Gasteiger partial charge in [-0.3, -0.25) is 9.78 Å². The van der Waals surface area contributed by atoms with Crippen LogP contribution < -0.4 is 15.7 Å². The van der Waals surface area contributed by atoms with Crippen LogP contribution in [0, 0.1) is 0 Å². The first-order valence-electron chi connectivity index (χ1n) is 6.69. The van der Waals surface area contributed by atoms with E-state index < -0.39 is 0 Å². The van der Waals surface area contributed by atoms with Gasteiger partial charge in [0.05, 0.1) is 24.2 Å². The molecule has 3 rings (SSSR count). The molecule has 0 saturated heterocycles. The zero-order valence-electron chi connectivity index (χ0n) is 11.9. The third-order valence-electron chi connectivity index (χ3n) is 3.13. The van der Waals surface area contributed by atoms with Crippen molar-refractivity contribution in [3.63, 3.8) is 0 Å². The van der Waals surface area contributed by atoms with E-state index >= 15 is 0 Å². The van der Waals surface area contributed by atoms with E-state index in [1.165, 1.54) is 0 Å². The zero-order valence-corrected chi connectivity index (χ0v) is 11.9. The number of ether oxygens (including phenoxy) is 1. The fourth-order valence-corrected chi connectivity index (χ4v) is 2.08. The average molecular weight is 294 g/mol. The number of nitrogens with zero attached hydrogens (tertiary/aromatic N) is 2. The van der Waals surface area contributed by atoms with Crippen molar-refractivity contribution in [3.8, 4) is 5.75 Å². The number of para-hydroxylation sites is 2. The Labute approximate surface area is 126 Å². The molecule has 0 atom stereocenters. The Morgan fingerprint density at radius 2 is 1.95 bits per heavy atom. The lowest BCUT2D eigenvalue weighted by molar-refractivity contribution is 0.414. The molecule has 1 heterocycles. The molecule has 0 unspecified atom stereocenters. The molecule has 0 radical (unpaired) electrons. The summed E-state index contributed by atoms with van der Waals surface area (Å²) < 4.78 is 5.23. The maximum atomic E-state index is 11.9. The Bertz CT molecular complexity index is 886. The minimum absolute atomic E-state index is 0.208. The first-order chi connectivity index (χ1) is 10.8. The highest BCUT2D eigenvalue weighted by atomic mass is 16.5. The maximum absolute atomic E-state index is 11.9. The molecule has 22 heavy (non-hydrogen) atoms. The molecular formula is C16H14N4O2. The van der Waals surface area contributed by atoms with Crippen molar-refractivity contribution in [2.45, 2.75) is 0 Å². The summed E-state index contributed by atoms with van der Waals surface area (Å²) in [7, 11) is 1.60. The molecular weight excluding hydrogens is 280 g/mol. The fraction of sp³-hybridized carbons (Fsp3) is 0.0625. The largest absolute Gasteiger partial charge is 0.496 e. The van der Waals surface area contributed by atoms with Gasteiger partial charge in [0.15, 0.2) is 0 Å². The van der Waals surface area contributed by atoms with Gasteiger partial charge < -0.3 is 4.74 Å². The van der Waals surface area contributed by atoms with E-state index in [4.69, 9.17) is 4.74 Å². The average Bonchev–Trinajstić information content (AvgIpc) is 2.55. The lowest BCUT2D eigenvalue weighted by atomic mass is 10.2. The van der Waals surface area contributed by atoms with Crippen molar-refractivity contribution in [3.05, 3.63) is 64.4 Å². The first kappa shape index (κ1) is 13.8. The van der Waals surface area contributed by atoms with E-state index in [-0.39, 0.29) is 11.5 Å². The number of hydrogen-bond acceptors (Lipinski definition) is 5. The molecule has 0 saturated carbocycles. The summed E-state index contributed by atoms with van der Waals surface area (Å²) in [6.07, 6.45) is 1.61. The molecule has 6 nitrogen and oxygen atoms in total. The predicted molar refractivity (Wildman–Crippen MR) is 86.6 cm³/mol. The molecule has 0 spiro atoms. The number of hydrazone groups is 1. The molecule has 2 N–H and O–H groups in total. The van der Waals surface area contributed by atoms with Crippen LogP contribution >= 0.6 is 0 Å². The highest BCUT2D eigenvalue weighted by Crippen LogP contribution is 2.14. The number of aromatic nitrogens is 2. The van der Waals surface area contributed by atoms with Crippen LogP contribution in [0.1, 0.15) is 5.56 Å². The summed E-state index contributed by atoms with van der Waals surface area (Å²) in [4.78, 5) is 18.9. The molecule has 0 aliphatic carbocycles. The van der Waals surface area contributed by atoms with Crippen molar-refractivity contribution < 1.29 is 4.74 Å². The van der Waals surface area contributed by atoms with Gasteiger partial charge in [0.2, 0.25) is 5.95 Å². The molecule has 0 fully saturated rings. The topological polar surface area (TPSA) is 79.4 Å². The van der Waals surface area contributed by atoms with Gasteiger partial charge in [-0.1, -0.05) is 24.3 Å². The van der Waals surface area contributed by atoms with Gasteiger partial charge in [0.1, 0.15) is 5.75 Å². The second-order valence-electron chi connectivity index (χ2n) is 4.54. The van der Waals surface area contributed by atoms with E-state index in [2.05, 4.69) is 20.5 Å². The summed E-state index contributed by atoms with van der Waals surface area (Å²) in [5.74, 6) is 1.00. The molecule has 0 amide bonds. The van der Waals surface area contributed by atoms with E-state index in [0.717, 1.165) is 5.56 Å². The second-order valence-corrected chi connectivity index (χ2v) is 4.54. The Kier molecular flexibility index (Phi) is 3.82. The van der Waals surface area contributed by atoms with E-state index in [1.54, 1.807) is 31.5 Å². The number of hydrogen-bond donors (Lipinski definition) is 2. The van der Waals surface area contributed by atoms with Crippen LogP contribution in [-0.4, -0.2) is 23.3 Å². The monoisotopic (exact) mass is 294 g/mol. The molecule has 3 aromatic rings. The number of nitrogens with one attached hydrogen (secondary N) is 2. The Morgan fingerprint density at radius 1 is 1.18 bits per heavy atom. The fourth-order valence-electron chi connectivity index (χ4n) is 2.08. The van der Waals surface area contributed by atoms with Crippen LogP contribution in [0.25, 0.3) is 10.9 Å². The van der Waals surface area contributed by atoms with Gasteiger partial charge in [0.25, 0.3) is 5.56 Å². The summed E-state index contributed by atoms with van der Waals surface area (Å²) in [5.41, 5.74) is 3.95. The summed E-state index contributed by atoms with van der Waals surface area (Å²) >= 11 is 0. The number of methoxy groups -OCH3 is 1. The summed E-state index contributed by atoms with van der Waals surface area (Å²) in [5, 5.41) is 4.62. The van der Waals surface area contributed by atoms with Gasteiger partial charge in [-0.05, 0) is 24.3 Å². The highest BCUT2D eigenvalue weighted by molar-refractivity contribution is 5.84. The molecule has 6 heteroatoms. The minimum atomic E-state index is -0.208. The maximum Gasteiger partial charge on any atom is 0.260 e. The summed E-state index contributed by atoms with van der Waals surface area (Å²) in [6.45, 7) is 0. The normalized spacial score (nSPS) is 11.0. The van der Waals surface area contributed by atoms with E-state index in [1.807, 2.05) is 30.3 Å². The molecule has 2 aromatic carbocycles. The number of rotatable bonds is 4. The highest BCUT2D eigenvalue weighted by Gasteiger charge is 2.02. The zero-order chi connectivity index (χ0) is 15.4. The molecule has 110 valence electrons.